The van der Waals surface area contributed by atoms with Gasteiger partial charge in [0.25, 0.3) is 0 Å². The van der Waals surface area contributed by atoms with Crippen LogP contribution in [0.4, 0.5) is 18.9 Å². The average Bonchev–Trinajstić information content (AvgIpc) is 2.14. The molecule has 1 atom stereocenters. The number of alkyl halides is 4. The Labute approximate surface area is 105 Å². The molecule has 0 aliphatic carbocycles. The van der Waals surface area contributed by atoms with E-state index >= 15 is 0 Å². The minimum absolute atomic E-state index is 0.0510. The molecule has 1 amide bonds. The molecule has 0 aliphatic heterocycles. The predicted octanol–water partition coefficient (Wildman–Crippen LogP) is 4.03. The summed E-state index contributed by atoms with van der Waals surface area (Å²) in [5, 5.41) is 2.26. The highest BCUT2D eigenvalue weighted by molar-refractivity contribution is 9.09. The maximum Gasteiger partial charge on any atom is 0.397 e. The SMILES string of the molecule is CC(Br)c1ccccc1NC(=O)CC(F)(F)F. The number of rotatable bonds is 3. The fraction of sp³-hybridized carbons (Fsp3) is 0.364. The first-order valence-corrected chi connectivity index (χ1v) is 5.81. The van der Waals surface area contributed by atoms with Crippen molar-refractivity contribution in [1.29, 1.82) is 0 Å². The summed E-state index contributed by atoms with van der Waals surface area (Å²) >= 11 is 3.31. The van der Waals surface area contributed by atoms with Crippen molar-refractivity contribution in [2.24, 2.45) is 0 Å². The molecule has 17 heavy (non-hydrogen) atoms. The monoisotopic (exact) mass is 309 g/mol. The Hall–Kier alpha value is -1.04. The second kappa shape index (κ2) is 5.53. The lowest BCUT2D eigenvalue weighted by Crippen LogP contribution is -2.21. The molecule has 0 aliphatic rings. The van der Waals surface area contributed by atoms with Crippen LogP contribution in [0, 0.1) is 0 Å². The third-order valence-corrected chi connectivity index (χ3v) is 2.52. The van der Waals surface area contributed by atoms with Crippen molar-refractivity contribution in [3.8, 4) is 0 Å². The summed E-state index contributed by atoms with van der Waals surface area (Å²) in [5.74, 6) is -1.06. The molecule has 0 spiro atoms. The lowest BCUT2D eigenvalue weighted by Gasteiger charge is -2.13. The van der Waals surface area contributed by atoms with Crippen LogP contribution in [0.2, 0.25) is 0 Å². The lowest BCUT2D eigenvalue weighted by molar-refractivity contribution is -0.150. The van der Waals surface area contributed by atoms with Crippen molar-refractivity contribution >= 4 is 27.5 Å². The molecule has 1 N–H and O–H groups in total. The fourth-order valence-corrected chi connectivity index (χ4v) is 1.73. The quantitative estimate of drug-likeness (QED) is 0.839. The topological polar surface area (TPSA) is 29.1 Å². The first-order chi connectivity index (χ1) is 7.79. The van der Waals surface area contributed by atoms with Crippen LogP contribution in [0.25, 0.3) is 0 Å². The van der Waals surface area contributed by atoms with E-state index in [2.05, 4.69) is 21.2 Å². The van der Waals surface area contributed by atoms with Crippen LogP contribution in [-0.2, 0) is 4.79 Å². The smallest absolute Gasteiger partial charge is 0.326 e. The second-order valence-electron chi connectivity index (χ2n) is 3.54. The zero-order valence-corrected chi connectivity index (χ0v) is 10.6. The van der Waals surface area contributed by atoms with Gasteiger partial charge in [-0.15, -0.1) is 0 Å². The lowest BCUT2D eigenvalue weighted by atomic mass is 10.1. The molecule has 6 heteroatoms. The summed E-state index contributed by atoms with van der Waals surface area (Å²) in [6.45, 7) is 1.83. The number of para-hydroxylation sites is 1. The zero-order chi connectivity index (χ0) is 13.1. The van der Waals surface area contributed by atoms with Gasteiger partial charge in [-0.25, -0.2) is 0 Å². The minimum Gasteiger partial charge on any atom is -0.326 e. The van der Waals surface area contributed by atoms with E-state index in [4.69, 9.17) is 0 Å². The van der Waals surface area contributed by atoms with E-state index in [-0.39, 0.29) is 4.83 Å². The molecular formula is C11H11BrF3NO. The van der Waals surface area contributed by atoms with Crippen molar-refractivity contribution in [3.63, 3.8) is 0 Å². The number of carbonyl (C=O) groups excluding carboxylic acids is 1. The molecular weight excluding hydrogens is 299 g/mol. The van der Waals surface area contributed by atoms with Gasteiger partial charge in [-0.1, -0.05) is 34.1 Å². The molecule has 0 radical (unpaired) electrons. The summed E-state index contributed by atoms with van der Waals surface area (Å²) in [6, 6.07) is 6.72. The van der Waals surface area contributed by atoms with Crippen LogP contribution in [0.1, 0.15) is 23.7 Å². The van der Waals surface area contributed by atoms with Crippen LogP contribution >= 0.6 is 15.9 Å². The number of hydrogen-bond acceptors (Lipinski definition) is 1. The van der Waals surface area contributed by atoms with Gasteiger partial charge in [0.05, 0.1) is 0 Å². The summed E-state index contributed by atoms with van der Waals surface area (Å²) in [6.07, 6.45) is -5.96. The highest BCUT2D eigenvalue weighted by Crippen LogP contribution is 2.29. The van der Waals surface area contributed by atoms with E-state index in [0.29, 0.717) is 5.69 Å². The van der Waals surface area contributed by atoms with Gasteiger partial charge in [0, 0.05) is 10.5 Å². The van der Waals surface area contributed by atoms with Crippen molar-refractivity contribution in [2.45, 2.75) is 24.3 Å². The number of carbonyl (C=O) groups is 1. The number of amides is 1. The van der Waals surface area contributed by atoms with Crippen LogP contribution in [-0.4, -0.2) is 12.1 Å². The highest BCUT2D eigenvalue weighted by atomic mass is 79.9. The van der Waals surface area contributed by atoms with Crippen LogP contribution in [0.5, 0.6) is 0 Å². The number of anilines is 1. The van der Waals surface area contributed by atoms with Gasteiger partial charge in [-0.3, -0.25) is 4.79 Å². The zero-order valence-electron chi connectivity index (χ0n) is 9.01. The number of halogens is 4. The van der Waals surface area contributed by atoms with E-state index in [1.807, 2.05) is 6.92 Å². The molecule has 0 saturated carbocycles. The average molecular weight is 310 g/mol. The van der Waals surface area contributed by atoms with Crippen LogP contribution in [0.3, 0.4) is 0 Å². The molecule has 0 aromatic heterocycles. The minimum atomic E-state index is -4.49. The Balaban J connectivity index is 2.78. The largest absolute Gasteiger partial charge is 0.397 e. The van der Waals surface area contributed by atoms with Gasteiger partial charge >= 0.3 is 6.18 Å². The number of hydrogen-bond donors (Lipinski definition) is 1. The second-order valence-corrected chi connectivity index (χ2v) is 4.92. The van der Waals surface area contributed by atoms with Crippen molar-refractivity contribution in [1.82, 2.24) is 0 Å². The highest BCUT2D eigenvalue weighted by Gasteiger charge is 2.31. The van der Waals surface area contributed by atoms with E-state index in [9.17, 15) is 18.0 Å². The normalized spacial score (nSPS) is 13.2. The predicted molar refractivity (Wildman–Crippen MR) is 63.1 cm³/mol. The van der Waals surface area contributed by atoms with Crippen molar-refractivity contribution < 1.29 is 18.0 Å². The standard InChI is InChI=1S/C11H11BrF3NO/c1-7(12)8-4-2-3-5-9(8)16-10(17)6-11(13,14)15/h2-5,7H,6H2,1H3,(H,16,17). The fourth-order valence-electron chi connectivity index (χ4n) is 1.33. The molecule has 1 aromatic carbocycles. The first-order valence-electron chi connectivity index (χ1n) is 4.89. The Bertz CT molecular complexity index is 404. The summed E-state index contributed by atoms with van der Waals surface area (Å²) in [5.41, 5.74) is 1.13. The van der Waals surface area contributed by atoms with Crippen molar-refractivity contribution in [2.75, 3.05) is 5.32 Å². The summed E-state index contributed by atoms with van der Waals surface area (Å²) in [4.78, 5) is 11.1. The molecule has 0 saturated heterocycles. The van der Waals surface area contributed by atoms with Gasteiger partial charge in [-0.05, 0) is 18.6 Å². The number of nitrogens with one attached hydrogen (secondary N) is 1. The van der Waals surface area contributed by atoms with Gasteiger partial charge in [-0.2, -0.15) is 13.2 Å². The van der Waals surface area contributed by atoms with E-state index in [1.54, 1.807) is 24.3 Å². The molecule has 0 fully saturated rings. The van der Waals surface area contributed by atoms with E-state index < -0.39 is 18.5 Å². The third kappa shape index (κ3) is 4.77. The Morgan fingerprint density at radius 2 is 2.00 bits per heavy atom. The molecule has 1 unspecified atom stereocenters. The molecule has 94 valence electrons. The van der Waals surface area contributed by atoms with Gasteiger partial charge in [0.2, 0.25) is 5.91 Å². The van der Waals surface area contributed by atoms with Gasteiger partial charge < -0.3 is 5.32 Å². The Morgan fingerprint density at radius 1 is 1.41 bits per heavy atom. The van der Waals surface area contributed by atoms with E-state index in [1.165, 1.54) is 0 Å². The van der Waals surface area contributed by atoms with Gasteiger partial charge in [0.15, 0.2) is 0 Å². The van der Waals surface area contributed by atoms with E-state index in [0.717, 1.165) is 5.56 Å². The summed E-state index contributed by atoms with van der Waals surface area (Å²) in [7, 11) is 0. The Morgan fingerprint density at radius 3 is 2.53 bits per heavy atom. The first kappa shape index (κ1) is 14.0. The number of benzene rings is 1. The third-order valence-electron chi connectivity index (χ3n) is 2.02. The van der Waals surface area contributed by atoms with Crippen molar-refractivity contribution in [3.05, 3.63) is 29.8 Å². The molecule has 1 rings (SSSR count). The Kier molecular flexibility index (Phi) is 4.56. The maximum absolute atomic E-state index is 12.0. The molecule has 1 aromatic rings. The molecule has 0 heterocycles. The molecule has 2 nitrogen and oxygen atoms in total. The van der Waals surface area contributed by atoms with Crippen LogP contribution < -0.4 is 5.32 Å². The summed E-state index contributed by atoms with van der Waals surface area (Å²) < 4.78 is 36.0. The van der Waals surface area contributed by atoms with Gasteiger partial charge in [0.1, 0.15) is 6.42 Å². The molecule has 0 bridgehead atoms. The maximum atomic E-state index is 12.0. The van der Waals surface area contributed by atoms with Crippen LogP contribution in [0.15, 0.2) is 24.3 Å².